The van der Waals surface area contributed by atoms with E-state index in [1.165, 1.54) is 12.1 Å². The monoisotopic (exact) mass is 292 g/mol. The zero-order valence-electron chi connectivity index (χ0n) is 10.9. The highest BCUT2D eigenvalue weighted by Crippen LogP contribution is 2.27. The SMILES string of the molecule is Cc1ccccc1NC(C(N)=O)c1cccc(Cl)c1F. The van der Waals surface area contributed by atoms with Gasteiger partial charge < -0.3 is 11.1 Å². The lowest BCUT2D eigenvalue weighted by atomic mass is 10.0. The number of anilines is 1. The molecule has 1 unspecified atom stereocenters. The van der Waals surface area contributed by atoms with Crippen molar-refractivity contribution < 1.29 is 9.18 Å². The van der Waals surface area contributed by atoms with E-state index in [0.717, 1.165) is 11.3 Å². The zero-order valence-corrected chi connectivity index (χ0v) is 11.6. The first-order chi connectivity index (χ1) is 9.50. The highest BCUT2D eigenvalue weighted by Gasteiger charge is 2.22. The van der Waals surface area contributed by atoms with Crippen LogP contribution >= 0.6 is 11.6 Å². The summed E-state index contributed by atoms with van der Waals surface area (Å²) in [6, 6.07) is 10.9. The van der Waals surface area contributed by atoms with Crippen molar-refractivity contribution in [1.29, 1.82) is 0 Å². The minimum atomic E-state index is -0.977. The van der Waals surface area contributed by atoms with Crippen molar-refractivity contribution in [3.63, 3.8) is 0 Å². The van der Waals surface area contributed by atoms with Crippen LogP contribution in [0.2, 0.25) is 5.02 Å². The molecule has 2 rings (SSSR count). The van der Waals surface area contributed by atoms with E-state index in [1.54, 1.807) is 12.1 Å². The van der Waals surface area contributed by atoms with Crippen LogP contribution in [0.1, 0.15) is 17.2 Å². The summed E-state index contributed by atoms with van der Waals surface area (Å²) in [5.74, 6) is -1.31. The Morgan fingerprint density at radius 2 is 1.95 bits per heavy atom. The smallest absolute Gasteiger partial charge is 0.244 e. The minimum Gasteiger partial charge on any atom is -0.370 e. The van der Waals surface area contributed by atoms with Crippen molar-refractivity contribution in [2.45, 2.75) is 13.0 Å². The lowest BCUT2D eigenvalue weighted by Crippen LogP contribution is -2.28. The number of nitrogens with one attached hydrogen (secondary N) is 1. The number of carbonyl (C=O) groups excluding carboxylic acids is 1. The summed E-state index contributed by atoms with van der Waals surface area (Å²) in [5.41, 5.74) is 7.16. The van der Waals surface area contributed by atoms with E-state index >= 15 is 0 Å². The van der Waals surface area contributed by atoms with Gasteiger partial charge in [0, 0.05) is 11.3 Å². The van der Waals surface area contributed by atoms with Crippen LogP contribution in [0.25, 0.3) is 0 Å². The molecule has 0 bridgehead atoms. The lowest BCUT2D eigenvalue weighted by Gasteiger charge is -2.19. The van der Waals surface area contributed by atoms with E-state index in [2.05, 4.69) is 5.32 Å². The Kier molecular flexibility index (Phi) is 4.25. The summed E-state index contributed by atoms with van der Waals surface area (Å²) in [5, 5.41) is 2.92. The van der Waals surface area contributed by atoms with E-state index < -0.39 is 17.8 Å². The van der Waals surface area contributed by atoms with Crippen molar-refractivity contribution in [3.05, 3.63) is 64.4 Å². The summed E-state index contributed by atoms with van der Waals surface area (Å²) >= 11 is 5.74. The average Bonchev–Trinajstić information content (AvgIpc) is 2.41. The van der Waals surface area contributed by atoms with Crippen molar-refractivity contribution in [2.75, 3.05) is 5.32 Å². The number of hydrogen-bond donors (Lipinski definition) is 2. The second-order valence-electron chi connectivity index (χ2n) is 4.44. The van der Waals surface area contributed by atoms with Crippen molar-refractivity contribution in [3.8, 4) is 0 Å². The van der Waals surface area contributed by atoms with Gasteiger partial charge in [-0.05, 0) is 24.6 Å². The number of hydrogen-bond acceptors (Lipinski definition) is 2. The first-order valence-electron chi connectivity index (χ1n) is 6.06. The molecule has 0 aliphatic rings. The molecule has 0 aromatic heterocycles. The summed E-state index contributed by atoms with van der Waals surface area (Å²) < 4.78 is 14.0. The van der Waals surface area contributed by atoms with E-state index in [9.17, 15) is 9.18 Å². The molecule has 104 valence electrons. The van der Waals surface area contributed by atoms with E-state index in [-0.39, 0.29) is 10.6 Å². The van der Waals surface area contributed by atoms with Crippen LogP contribution in [-0.4, -0.2) is 5.91 Å². The minimum absolute atomic E-state index is 0.0414. The van der Waals surface area contributed by atoms with Crippen molar-refractivity contribution in [1.82, 2.24) is 0 Å². The highest BCUT2D eigenvalue weighted by molar-refractivity contribution is 6.30. The molecule has 2 aromatic carbocycles. The third-order valence-electron chi connectivity index (χ3n) is 3.02. The van der Waals surface area contributed by atoms with Gasteiger partial charge in [-0.3, -0.25) is 4.79 Å². The zero-order chi connectivity index (χ0) is 14.7. The standard InChI is InChI=1S/C15H14ClFN2O/c1-9-5-2-3-8-12(9)19-14(15(18)20)10-6-4-7-11(16)13(10)17/h2-8,14,19H,1H3,(H2,18,20). The predicted octanol–water partition coefficient (Wildman–Crippen LogP) is 3.43. The third-order valence-corrected chi connectivity index (χ3v) is 3.31. The van der Waals surface area contributed by atoms with Crippen LogP contribution in [-0.2, 0) is 4.79 Å². The van der Waals surface area contributed by atoms with Gasteiger partial charge in [0.25, 0.3) is 0 Å². The molecule has 0 heterocycles. The molecule has 0 aliphatic carbocycles. The number of para-hydroxylation sites is 1. The Labute approximate surface area is 121 Å². The summed E-state index contributed by atoms with van der Waals surface area (Å²) in [6.45, 7) is 1.88. The number of nitrogens with two attached hydrogens (primary N) is 1. The Morgan fingerprint density at radius 1 is 1.25 bits per heavy atom. The average molecular weight is 293 g/mol. The molecule has 0 aliphatic heterocycles. The number of benzene rings is 2. The van der Waals surface area contributed by atoms with Gasteiger partial charge in [0.05, 0.1) is 5.02 Å². The van der Waals surface area contributed by atoms with Gasteiger partial charge in [-0.15, -0.1) is 0 Å². The molecule has 1 atom stereocenters. The molecule has 5 heteroatoms. The highest BCUT2D eigenvalue weighted by atomic mass is 35.5. The molecule has 1 amide bonds. The summed E-state index contributed by atoms with van der Waals surface area (Å²) in [6.07, 6.45) is 0. The van der Waals surface area contributed by atoms with Gasteiger partial charge in [-0.25, -0.2) is 4.39 Å². The number of primary amides is 1. The molecule has 0 spiro atoms. The second-order valence-corrected chi connectivity index (χ2v) is 4.84. The van der Waals surface area contributed by atoms with Gasteiger partial charge in [0.2, 0.25) is 5.91 Å². The maximum absolute atomic E-state index is 14.0. The van der Waals surface area contributed by atoms with Gasteiger partial charge >= 0.3 is 0 Å². The van der Waals surface area contributed by atoms with Gasteiger partial charge in [0.1, 0.15) is 11.9 Å². The number of amides is 1. The topological polar surface area (TPSA) is 55.1 Å². The Morgan fingerprint density at radius 3 is 2.60 bits per heavy atom. The Bertz CT molecular complexity index is 646. The van der Waals surface area contributed by atoms with E-state index in [0.29, 0.717) is 0 Å². The summed E-state index contributed by atoms with van der Waals surface area (Å²) in [4.78, 5) is 11.6. The van der Waals surface area contributed by atoms with Gasteiger partial charge in [0.15, 0.2) is 0 Å². The fraction of sp³-hybridized carbons (Fsp3) is 0.133. The first kappa shape index (κ1) is 14.3. The number of aryl methyl sites for hydroxylation is 1. The van der Waals surface area contributed by atoms with Crippen LogP contribution in [0.4, 0.5) is 10.1 Å². The molecule has 0 fully saturated rings. The molecule has 3 nitrogen and oxygen atoms in total. The van der Waals surface area contributed by atoms with Crippen LogP contribution in [0.5, 0.6) is 0 Å². The number of carbonyl (C=O) groups is 1. The van der Waals surface area contributed by atoms with E-state index in [4.69, 9.17) is 17.3 Å². The maximum Gasteiger partial charge on any atom is 0.244 e. The van der Waals surface area contributed by atoms with Gasteiger partial charge in [-0.1, -0.05) is 41.9 Å². The maximum atomic E-state index is 14.0. The lowest BCUT2D eigenvalue weighted by molar-refractivity contribution is -0.118. The van der Waals surface area contributed by atoms with Crippen LogP contribution < -0.4 is 11.1 Å². The molecular weight excluding hydrogens is 279 g/mol. The molecule has 20 heavy (non-hydrogen) atoms. The molecular formula is C15H14ClFN2O. The van der Waals surface area contributed by atoms with Crippen molar-refractivity contribution >= 4 is 23.2 Å². The fourth-order valence-electron chi connectivity index (χ4n) is 1.94. The molecule has 3 N–H and O–H groups in total. The van der Waals surface area contributed by atoms with Crippen molar-refractivity contribution in [2.24, 2.45) is 5.73 Å². The van der Waals surface area contributed by atoms with Crippen LogP contribution in [0, 0.1) is 12.7 Å². The fourth-order valence-corrected chi connectivity index (χ4v) is 2.12. The quantitative estimate of drug-likeness (QED) is 0.907. The number of halogens is 2. The van der Waals surface area contributed by atoms with Crippen LogP contribution in [0.15, 0.2) is 42.5 Å². The van der Waals surface area contributed by atoms with Gasteiger partial charge in [-0.2, -0.15) is 0 Å². The second kappa shape index (κ2) is 5.92. The Hall–Kier alpha value is -2.07. The van der Waals surface area contributed by atoms with E-state index in [1.807, 2.05) is 25.1 Å². The predicted molar refractivity (Wildman–Crippen MR) is 78.1 cm³/mol. The third kappa shape index (κ3) is 2.91. The molecule has 0 saturated carbocycles. The normalized spacial score (nSPS) is 11.9. The largest absolute Gasteiger partial charge is 0.370 e. The summed E-state index contributed by atoms with van der Waals surface area (Å²) in [7, 11) is 0. The molecule has 2 aromatic rings. The molecule has 0 saturated heterocycles. The first-order valence-corrected chi connectivity index (χ1v) is 6.44. The number of rotatable bonds is 4. The molecule has 0 radical (unpaired) electrons. The van der Waals surface area contributed by atoms with Crippen LogP contribution in [0.3, 0.4) is 0 Å². The Balaban J connectivity index is 2.40.